The van der Waals surface area contributed by atoms with Crippen molar-refractivity contribution < 1.29 is 9.53 Å². The van der Waals surface area contributed by atoms with Crippen molar-refractivity contribution in [2.24, 2.45) is 7.05 Å². The van der Waals surface area contributed by atoms with E-state index in [1.807, 2.05) is 12.3 Å². The van der Waals surface area contributed by atoms with E-state index >= 15 is 0 Å². The van der Waals surface area contributed by atoms with E-state index in [4.69, 9.17) is 4.74 Å². The highest BCUT2D eigenvalue weighted by atomic mass is 32.2. The van der Waals surface area contributed by atoms with Gasteiger partial charge < -0.3 is 10.1 Å². The van der Waals surface area contributed by atoms with Gasteiger partial charge in [0.05, 0.1) is 12.8 Å². The maximum absolute atomic E-state index is 12.7. The van der Waals surface area contributed by atoms with Gasteiger partial charge in [-0.15, -0.1) is 11.8 Å². The lowest BCUT2D eigenvalue weighted by Gasteiger charge is -2.10. The van der Waals surface area contributed by atoms with E-state index in [1.54, 1.807) is 42.5 Å². The van der Waals surface area contributed by atoms with Crippen molar-refractivity contribution in [1.82, 2.24) is 14.3 Å². The van der Waals surface area contributed by atoms with E-state index in [2.05, 4.69) is 10.4 Å². The van der Waals surface area contributed by atoms with Crippen LogP contribution in [0.5, 0.6) is 5.75 Å². The Bertz CT molecular complexity index is 1140. The predicted molar refractivity (Wildman–Crippen MR) is 108 cm³/mol. The number of amides is 1. The molecule has 9 heteroatoms. The van der Waals surface area contributed by atoms with Crippen LogP contribution in [0.3, 0.4) is 0 Å². The van der Waals surface area contributed by atoms with E-state index in [0.717, 1.165) is 14.1 Å². The molecule has 0 fully saturated rings. The molecule has 28 heavy (non-hydrogen) atoms. The number of rotatable bonds is 5. The van der Waals surface area contributed by atoms with Gasteiger partial charge in [-0.05, 0) is 48.7 Å². The molecule has 3 aromatic rings. The quantitative estimate of drug-likeness (QED) is 0.660. The van der Waals surface area contributed by atoms with Crippen LogP contribution in [0.2, 0.25) is 0 Å². The van der Waals surface area contributed by atoms with E-state index in [9.17, 15) is 14.4 Å². The van der Waals surface area contributed by atoms with Crippen LogP contribution >= 0.6 is 11.8 Å². The first-order chi connectivity index (χ1) is 13.4. The van der Waals surface area contributed by atoms with Crippen LogP contribution in [0.25, 0.3) is 5.69 Å². The van der Waals surface area contributed by atoms with Gasteiger partial charge in [-0.2, -0.15) is 9.78 Å². The van der Waals surface area contributed by atoms with Gasteiger partial charge in [0.2, 0.25) is 5.69 Å². The molecule has 0 aliphatic carbocycles. The molecule has 0 unspecified atom stereocenters. The van der Waals surface area contributed by atoms with Crippen LogP contribution in [0.4, 0.5) is 5.69 Å². The summed E-state index contributed by atoms with van der Waals surface area (Å²) in [7, 11) is 2.83. The lowest BCUT2D eigenvalue weighted by molar-refractivity contribution is 0.101. The molecule has 0 bridgehead atoms. The molecule has 3 rings (SSSR count). The summed E-state index contributed by atoms with van der Waals surface area (Å²) in [6.07, 6.45) is 1.92. The van der Waals surface area contributed by atoms with Crippen molar-refractivity contribution in [1.29, 1.82) is 0 Å². The summed E-state index contributed by atoms with van der Waals surface area (Å²) < 4.78 is 6.96. The molecular weight excluding hydrogens is 380 g/mol. The van der Waals surface area contributed by atoms with Crippen molar-refractivity contribution >= 4 is 23.4 Å². The molecule has 0 aliphatic heterocycles. The number of nitrogens with zero attached hydrogens (tertiary/aromatic N) is 3. The van der Waals surface area contributed by atoms with Crippen molar-refractivity contribution in [2.45, 2.75) is 4.90 Å². The summed E-state index contributed by atoms with van der Waals surface area (Å²) in [4.78, 5) is 38.5. The van der Waals surface area contributed by atoms with Gasteiger partial charge in [0, 0.05) is 17.6 Å². The largest absolute Gasteiger partial charge is 0.497 e. The Labute approximate surface area is 164 Å². The number of thioether (sulfide) groups is 1. The minimum atomic E-state index is -0.770. The Kier molecular flexibility index (Phi) is 5.65. The standard InChI is InChI=1S/C19H18N4O4S/c1-22-18(25)16(17(24)20-12-5-4-6-15(11-12)28-3)21-23(19(22)26)13-7-9-14(27-2)10-8-13/h4-11H,1-3H3,(H,20,24). The Hall–Kier alpha value is -3.33. The first kappa shape index (κ1) is 19.4. The van der Waals surface area contributed by atoms with Crippen molar-refractivity contribution in [3.05, 3.63) is 75.1 Å². The van der Waals surface area contributed by atoms with Crippen LogP contribution in [0.15, 0.2) is 63.0 Å². The molecule has 1 N–H and O–H groups in total. The summed E-state index contributed by atoms with van der Waals surface area (Å²) in [5.41, 5.74) is -0.875. The number of aromatic nitrogens is 3. The SMILES string of the molecule is COc1ccc(-n2nc(C(=O)Nc3cccc(SC)c3)c(=O)n(C)c2=O)cc1. The summed E-state index contributed by atoms with van der Waals surface area (Å²) in [6, 6.07) is 13.7. The smallest absolute Gasteiger partial charge is 0.351 e. The van der Waals surface area contributed by atoms with E-state index < -0.39 is 17.2 Å². The number of carbonyl (C=O) groups excluding carboxylic acids is 1. The second kappa shape index (κ2) is 8.13. The minimum absolute atomic E-state index is 0.382. The summed E-state index contributed by atoms with van der Waals surface area (Å²) in [5.74, 6) is -0.0885. The van der Waals surface area contributed by atoms with E-state index in [-0.39, 0.29) is 5.69 Å². The average Bonchev–Trinajstić information content (AvgIpc) is 2.72. The third-order valence-corrected chi connectivity index (χ3v) is 4.76. The molecular formula is C19H18N4O4S. The lowest BCUT2D eigenvalue weighted by Crippen LogP contribution is -2.43. The fourth-order valence-corrected chi connectivity index (χ4v) is 2.96. The van der Waals surface area contributed by atoms with Crippen LogP contribution in [0.1, 0.15) is 10.5 Å². The van der Waals surface area contributed by atoms with Gasteiger partial charge in [0.25, 0.3) is 11.5 Å². The maximum atomic E-state index is 12.7. The van der Waals surface area contributed by atoms with Crippen LogP contribution in [0, 0.1) is 0 Å². The van der Waals surface area contributed by atoms with Gasteiger partial charge >= 0.3 is 5.69 Å². The highest BCUT2D eigenvalue weighted by molar-refractivity contribution is 7.98. The summed E-state index contributed by atoms with van der Waals surface area (Å²) in [5, 5.41) is 6.66. The zero-order valence-corrected chi connectivity index (χ0v) is 16.3. The number of carbonyl (C=O) groups is 1. The number of nitrogens with one attached hydrogen (secondary N) is 1. The third kappa shape index (κ3) is 3.84. The molecule has 0 atom stereocenters. The van der Waals surface area contributed by atoms with E-state index in [0.29, 0.717) is 17.1 Å². The van der Waals surface area contributed by atoms with Gasteiger partial charge in [-0.3, -0.25) is 14.2 Å². The molecule has 2 aromatic carbocycles. The van der Waals surface area contributed by atoms with Crippen LogP contribution < -0.4 is 21.3 Å². The zero-order valence-electron chi connectivity index (χ0n) is 15.5. The lowest BCUT2D eigenvalue weighted by atomic mass is 10.3. The van der Waals surface area contributed by atoms with Crippen molar-refractivity contribution in [3.8, 4) is 11.4 Å². The second-order valence-electron chi connectivity index (χ2n) is 5.79. The van der Waals surface area contributed by atoms with Gasteiger partial charge in [-0.1, -0.05) is 6.07 Å². The summed E-state index contributed by atoms with van der Waals surface area (Å²) in [6.45, 7) is 0. The predicted octanol–water partition coefficient (Wildman–Crippen LogP) is 1.91. The number of benzene rings is 2. The second-order valence-corrected chi connectivity index (χ2v) is 6.67. The fourth-order valence-electron chi connectivity index (χ4n) is 2.50. The summed E-state index contributed by atoms with van der Waals surface area (Å²) >= 11 is 1.53. The first-order valence-corrected chi connectivity index (χ1v) is 9.47. The zero-order chi connectivity index (χ0) is 20.3. The monoisotopic (exact) mass is 398 g/mol. The van der Waals surface area contributed by atoms with Crippen molar-refractivity contribution in [3.63, 3.8) is 0 Å². The molecule has 0 spiro atoms. The Balaban J connectivity index is 2.02. The van der Waals surface area contributed by atoms with E-state index in [1.165, 1.54) is 25.9 Å². The van der Waals surface area contributed by atoms with Gasteiger partial charge in [0.1, 0.15) is 5.75 Å². The number of methoxy groups -OCH3 is 1. The molecule has 1 amide bonds. The van der Waals surface area contributed by atoms with Crippen LogP contribution in [-0.2, 0) is 7.05 Å². The normalized spacial score (nSPS) is 10.5. The van der Waals surface area contributed by atoms with Crippen molar-refractivity contribution in [2.75, 3.05) is 18.7 Å². The number of hydrogen-bond acceptors (Lipinski definition) is 6. The fraction of sp³-hybridized carbons (Fsp3) is 0.158. The molecule has 144 valence electrons. The molecule has 0 saturated heterocycles. The van der Waals surface area contributed by atoms with Gasteiger partial charge in [0.15, 0.2) is 0 Å². The van der Waals surface area contributed by atoms with Crippen LogP contribution in [-0.4, -0.2) is 33.6 Å². The number of hydrogen-bond donors (Lipinski definition) is 1. The van der Waals surface area contributed by atoms with Gasteiger partial charge in [-0.25, -0.2) is 4.79 Å². The average molecular weight is 398 g/mol. The molecule has 8 nitrogen and oxygen atoms in total. The third-order valence-electron chi connectivity index (χ3n) is 4.04. The Morgan fingerprint density at radius 2 is 1.86 bits per heavy atom. The number of anilines is 1. The maximum Gasteiger partial charge on any atom is 0.351 e. The Morgan fingerprint density at radius 3 is 2.50 bits per heavy atom. The Morgan fingerprint density at radius 1 is 1.14 bits per heavy atom. The molecule has 0 saturated carbocycles. The topological polar surface area (TPSA) is 95.2 Å². The highest BCUT2D eigenvalue weighted by Crippen LogP contribution is 2.19. The highest BCUT2D eigenvalue weighted by Gasteiger charge is 2.19. The number of ether oxygens (including phenoxy) is 1. The molecule has 1 aromatic heterocycles. The first-order valence-electron chi connectivity index (χ1n) is 8.25. The molecule has 0 aliphatic rings. The minimum Gasteiger partial charge on any atom is -0.497 e. The molecule has 1 heterocycles. The molecule has 0 radical (unpaired) electrons.